The molecule has 23 heavy (non-hydrogen) atoms. The maximum atomic E-state index is 12.1. The van der Waals surface area contributed by atoms with E-state index in [4.69, 9.17) is 0 Å². The fourth-order valence-corrected chi connectivity index (χ4v) is 3.06. The molecule has 0 radical (unpaired) electrons. The highest BCUT2D eigenvalue weighted by Gasteiger charge is 2.21. The van der Waals surface area contributed by atoms with Crippen LogP contribution < -0.4 is 5.32 Å². The summed E-state index contributed by atoms with van der Waals surface area (Å²) in [7, 11) is -1.30. The molecule has 0 aliphatic rings. The molecular weight excluding hydrogens is 316 g/mol. The number of carboxylic acids is 1. The van der Waals surface area contributed by atoms with Crippen LogP contribution in [0.4, 0.5) is 0 Å². The van der Waals surface area contributed by atoms with Crippen molar-refractivity contribution in [2.24, 2.45) is 0 Å². The van der Waals surface area contributed by atoms with Gasteiger partial charge < -0.3 is 10.4 Å². The minimum absolute atomic E-state index is 0.0770. The van der Waals surface area contributed by atoms with Crippen molar-refractivity contribution in [1.82, 2.24) is 10.3 Å². The second-order valence-corrected chi connectivity index (χ2v) is 6.32. The van der Waals surface area contributed by atoms with E-state index < -0.39 is 28.7 Å². The Hall–Kier alpha value is -2.54. The number of aromatic nitrogens is 1. The number of hydrogen-bond acceptors (Lipinski definition) is 4. The minimum atomic E-state index is -1.30. The van der Waals surface area contributed by atoms with Crippen molar-refractivity contribution in [3.05, 3.63) is 60.4 Å². The van der Waals surface area contributed by atoms with Crippen molar-refractivity contribution in [3.8, 4) is 0 Å². The van der Waals surface area contributed by atoms with Gasteiger partial charge in [-0.25, -0.2) is 4.79 Å². The molecule has 0 unspecified atom stereocenters. The van der Waals surface area contributed by atoms with Crippen LogP contribution in [0.5, 0.6) is 0 Å². The van der Waals surface area contributed by atoms with Crippen LogP contribution in [-0.4, -0.2) is 38.0 Å². The number of carboxylic acid groups (broad SMARTS) is 1. The number of carbonyl (C=O) groups is 2. The zero-order chi connectivity index (χ0) is 16.7. The van der Waals surface area contributed by atoms with Gasteiger partial charge in [0.25, 0.3) is 5.91 Å². The van der Waals surface area contributed by atoms with Crippen LogP contribution in [0.15, 0.2) is 59.8 Å². The molecule has 120 valence electrons. The summed E-state index contributed by atoms with van der Waals surface area (Å²) in [6.07, 6.45) is 2.98. The largest absolute Gasteiger partial charge is 0.480 e. The third kappa shape index (κ3) is 5.00. The first kappa shape index (κ1) is 16.8. The number of aliphatic carboxylic acids is 1. The van der Waals surface area contributed by atoms with E-state index in [1.54, 1.807) is 24.3 Å². The van der Waals surface area contributed by atoms with Crippen molar-refractivity contribution in [1.29, 1.82) is 0 Å². The van der Waals surface area contributed by atoms with E-state index in [-0.39, 0.29) is 12.2 Å². The van der Waals surface area contributed by atoms with Crippen molar-refractivity contribution < 1.29 is 18.9 Å². The van der Waals surface area contributed by atoms with Crippen molar-refractivity contribution in [2.45, 2.75) is 17.4 Å². The van der Waals surface area contributed by atoms with Crippen molar-refractivity contribution >= 4 is 22.7 Å². The summed E-state index contributed by atoms with van der Waals surface area (Å²) in [5, 5.41) is 11.7. The van der Waals surface area contributed by atoms with Gasteiger partial charge in [0.2, 0.25) is 0 Å². The molecule has 0 aliphatic heterocycles. The highest BCUT2D eigenvalue weighted by atomic mass is 32.2. The SMILES string of the molecule is O=C(N[C@H](CC[S@@](=O)c1ccccc1)C(=O)O)c1ccncc1. The standard InChI is InChI=1S/C16H16N2O4S/c19-15(12-6-9-17-10-7-12)18-14(16(20)21)8-11-23(22)13-4-2-1-3-5-13/h1-7,9-10,14H,8,11H2,(H,18,19)(H,20,21)/t14-,23-/m1/s1. The number of hydrogen-bond donors (Lipinski definition) is 2. The molecule has 1 aromatic heterocycles. The van der Waals surface area contributed by atoms with Crippen LogP contribution in [0.2, 0.25) is 0 Å². The molecule has 0 bridgehead atoms. The zero-order valence-electron chi connectivity index (χ0n) is 12.2. The Kier molecular flexibility index (Phi) is 5.99. The second-order valence-electron chi connectivity index (χ2n) is 4.75. The van der Waals surface area contributed by atoms with Crippen molar-refractivity contribution in [3.63, 3.8) is 0 Å². The van der Waals surface area contributed by atoms with Crippen LogP contribution in [0.25, 0.3) is 0 Å². The summed E-state index contributed by atoms with van der Waals surface area (Å²) in [6, 6.07) is 10.7. The van der Waals surface area contributed by atoms with Gasteiger partial charge in [-0.15, -0.1) is 0 Å². The van der Waals surface area contributed by atoms with E-state index >= 15 is 0 Å². The van der Waals surface area contributed by atoms with Crippen LogP contribution in [-0.2, 0) is 15.6 Å². The summed E-state index contributed by atoms with van der Waals surface area (Å²) in [5.41, 5.74) is 0.329. The van der Waals surface area contributed by atoms with Crippen LogP contribution >= 0.6 is 0 Å². The molecular formula is C16H16N2O4S. The molecule has 1 amide bonds. The van der Waals surface area contributed by atoms with Gasteiger partial charge in [0.15, 0.2) is 0 Å². The third-order valence-electron chi connectivity index (χ3n) is 3.14. The zero-order valence-corrected chi connectivity index (χ0v) is 13.0. The molecule has 2 atom stereocenters. The van der Waals surface area contributed by atoms with Gasteiger partial charge >= 0.3 is 5.97 Å². The summed E-state index contributed by atoms with van der Waals surface area (Å²) >= 11 is 0. The highest BCUT2D eigenvalue weighted by molar-refractivity contribution is 7.85. The van der Waals surface area contributed by atoms with Crippen LogP contribution in [0.1, 0.15) is 16.8 Å². The van der Waals surface area contributed by atoms with Gasteiger partial charge in [-0.2, -0.15) is 0 Å². The van der Waals surface area contributed by atoms with E-state index in [0.717, 1.165) is 0 Å². The first-order chi connectivity index (χ1) is 11.1. The first-order valence-corrected chi connectivity index (χ1v) is 8.27. The molecule has 1 heterocycles. The predicted molar refractivity (Wildman–Crippen MR) is 85.5 cm³/mol. The lowest BCUT2D eigenvalue weighted by Crippen LogP contribution is -2.41. The molecule has 2 aromatic rings. The molecule has 0 fully saturated rings. The number of benzene rings is 1. The molecule has 6 nitrogen and oxygen atoms in total. The first-order valence-electron chi connectivity index (χ1n) is 6.95. The summed E-state index contributed by atoms with van der Waals surface area (Å²) in [5.74, 6) is -1.50. The van der Waals surface area contributed by atoms with Gasteiger partial charge in [-0.3, -0.25) is 14.0 Å². The average Bonchev–Trinajstić information content (AvgIpc) is 2.59. The van der Waals surface area contributed by atoms with Gasteiger partial charge in [-0.05, 0) is 30.7 Å². The molecule has 0 saturated carbocycles. The summed E-state index contributed by atoms with van der Waals surface area (Å²) in [4.78, 5) is 27.7. The summed E-state index contributed by atoms with van der Waals surface area (Å²) < 4.78 is 12.1. The number of carbonyl (C=O) groups excluding carboxylic acids is 1. The van der Waals surface area contributed by atoms with Gasteiger partial charge in [0, 0.05) is 28.6 Å². The minimum Gasteiger partial charge on any atom is -0.480 e. The fraction of sp³-hybridized carbons (Fsp3) is 0.188. The van der Waals surface area contributed by atoms with E-state index in [1.165, 1.54) is 24.5 Å². The van der Waals surface area contributed by atoms with Crippen molar-refractivity contribution in [2.75, 3.05) is 5.75 Å². The Morgan fingerprint density at radius 3 is 2.39 bits per heavy atom. The van der Waals surface area contributed by atoms with Crippen LogP contribution in [0, 0.1) is 0 Å². The van der Waals surface area contributed by atoms with E-state index in [0.29, 0.717) is 10.5 Å². The number of nitrogens with one attached hydrogen (secondary N) is 1. The molecule has 0 saturated heterocycles. The van der Waals surface area contributed by atoms with Gasteiger partial charge in [-0.1, -0.05) is 18.2 Å². The maximum absolute atomic E-state index is 12.1. The lowest BCUT2D eigenvalue weighted by molar-refractivity contribution is -0.139. The maximum Gasteiger partial charge on any atom is 0.326 e. The van der Waals surface area contributed by atoms with Crippen LogP contribution in [0.3, 0.4) is 0 Å². The fourth-order valence-electron chi connectivity index (χ4n) is 1.92. The van der Waals surface area contributed by atoms with Gasteiger partial charge in [0.05, 0.1) is 10.8 Å². The molecule has 0 aliphatic carbocycles. The predicted octanol–water partition coefficient (Wildman–Crippen LogP) is 1.46. The number of rotatable bonds is 7. The smallest absolute Gasteiger partial charge is 0.326 e. The normalized spacial score (nSPS) is 13.0. The average molecular weight is 332 g/mol. The molecule has 7 heteroatoms. The second kappa shape index (κ2) is 8.19. The third-order valence-corrected chi connectivity index (χ3v) is 4.55. The molecule has 2 N–H and O–H groups in total. The Balaban J connectivity index is 1.96. The lowest BCUT2D eigenvalue weighted by Gasteiger charge is -2.14. The molecule has 2 rings (SSSR count). The van der Waals surface area contributed by atoms with E-state index in [9.17, 15) is 18.9 Å². The lowest BCUT2D eigenvalue weighted by atomic mass is 10.2. The number of amides is 1. The Labute approximate surface area is 136 Å². The highest BCUT2D eigenvalue weighted by Crippen LogP contribution is 2.08. The number of pyridine rings is 1. The summed E-state index contributed by atoms with van der Waals surface area (Å²) in [6.45, 7) is 0. The Bertz CT molecular complexity index is 692. The van der Waals surface area contributed by atoms with E-state index in [2.05, 4.69) is 10.3 Å². The quantitative estimate of drug-likeness (QED) is 0.800. The topological polar surface area (TPSA) is 96.4 Å². The van der Waals surface area contributed by atoms with E-state index in [1.807, 2.05) is 6.07 Å². The molecule has 0 spiro atoms. The Morgan fingerprint density at radius 1 is 1.13 bits per heavy atom. The van der Waals surface area contributed by atoms with Gasteiger partial charge in [0.1, 0.15) is 6.04 Å². The molecule has 1 aromatic carbocycles. The Morgan fingerprint density at radius 2 is 1.78 bits per heavy atom. The monoisotopic (exact) mass is 332 g/mol. The number of nitrogens with zero attached hydrogens (tertiary/aromatic N) is 1.